The van der Waals surface area contributed by atoms with Crippen LogP contribution in [0.3, 0.4) is 0 Å². The molecule has 0 unspecified atom stereocenters. The lowest BCUT2D eigenvalue weighted by atomic mass is 9.99. The molecule has 0 aromatic carbocycles. The highest BCUT2D eigenvalue weighted by Crippen LogP contribution is 2.16. The van der Waals surface area contributed by atoms with Gasteiger partial charge in [-0.25, -0.2) is 0 Å². The third-order valence-electron chi connectivity index (χ3n) is 1.70. The van der Waals surface area contributed by atoms with Gasteiger partial charge in [-0.05, 0) is 11.5 Å². The molecule has 0 atom stereocenters. The number of allylic oxidation sites excluding steroid dienone is 1. The minimum atomic E-state index is -0.375. The van der Waals surface area contributed by atoms with Crippen LogP contribution in [0.1, 0.15) is 13.8 Å². The Morgan fingerprint density at radius 3 is 2.73 bits per heavy atom. The molecule has 0 saturated carbocycles. The van der Waals surface area contributed by atoms with Gasteiger partial charge in [-0.2, -0.15) is 0 Å². The molecule has 3 heteroatoms. The summed E-state index contributed by atoms with van der Waals surface area (Å²) in [6, 6.07) is 0. The minimum absolute atomic E-state index is 0.116. The van der Waals surface area contributed by atoms with Crippen LogP contribution in [-0.2, 0) is 4.79 Å². The van der Waals surface area contributed by atoms with E-state index in [1.165, 1.54) is 6.21 Å². The van der Waals surface area contributed by atoms with Gasteiger partial charge in [-0.3, -0.25) is 9.79 Å². The van der Waals surface area contributed by atoms with Crippen LogP contribution in [0.2, 0.25) is 0 Å². The quantitative estimate of drug-likeness (QED) is 0.613. The lowest BCUT2D eigenvalue weighted by molar-refractivity contribution is -0.111. The van der Waals surface area contributed by atoms with Gasteiger partial charge < -0.3 is 5.11 Å². The van der Waals surface area contributed by atoms with Crippen molar-refractivity contribution in [2.24, 2.45) is 10.9 Å². The van der Waals surface area contributed by atoms with E-state index in [1.54, 1.807) is 0 Å². The molecule has 0 amide bonds. The first-order valence-corrected chi connectivity index (χ1v) is 3.59. The number of carbonyl (C=O) groups is 1. The molecular formula is C8H11NO2. The number of Topliss-reactive ketones (excluding diaryl/α,β-unsaturated/α-hetero) is 1. The Labute approximate surface area is 65.4 Å². The number of aliphatic hydroxyl groups excluding tert-OH is 1. The summed E-state index contributed by atoms with van der Waals surface area (Å²) < 4.78 is 0. The second-order valence-corrected chi connectivity index (χ2v) is 2.86. The summed E-state index contributed by atoms with van der Waals surface area (Å²) in [4.78, 5) is 14.7. The van der Waals surface area contributed by atoms with Gasteiger partial charge in [0, 0.05) is 0 Å². The van der Waals surface area contributed by atoms with Gasteiger partial charge >= 0.3 is 0 Å². The topological polar surface area (TPSA) is 49.7 Å². The molecule has 11 heavy (non-hydrogen) atoms. The molecule has 0 bridgehead atoms. The average Bonchev–Trinajstić information content (AvgIpc) is 1.94. The van der Waals surface area contributed by atoms with Crippen molar-refractivity contribution in [3.05, 3.63) is 11.3 Å². The van der Waals surface area contributed by atoms with Gasteiger partial charge in [-0.15, -0.1) is 0 Å². The van der Waals surface area contributed by atoms with Gasteiger partial charge in [0.15, 0.2) is 5.76 Å². The van der Waals surface area contributed by atoms with E-state index in [9.17, 15) is 9.90 Å². The number of dihydropyridines is 1. The second-order valence-electron chi connectivity index (χ2n) is 2.86. The maximum Gasteiger partial charge on any atom is 0.237 e. The molecule has 0 aromatic heterocycles. The predicted octanol–water partition coefficient (Wildman–Crippen LogP) is 1.11. The van der Waals surface area contributed by atoms with Crippen molar-refractivity contribution >= 4 is 12.0 Å². The van der Waals surface area contributed by atoms with E-state index in [4.69, 9.17) is 0 Å². The van der Waals surface area contributed by atoms with Crippen LogP contribution < -0.4 is 0 Å². The summed E-state index contributed by atoms with van der Waals surface area (Å²) in [5, 5.41) is 9.25. The van der Waals surface area contributed by atoms with Crippen molar-refractivity contribution in [1.29, 1.82) is 0 Å². The van der Waals surface area contributed by atoms with E-state index in [2.05, 4.69) is 4.99 Å². The minimum Gasteiger partial charge on any atom is -0.504 e. The summed E-state index contributed by atoms with van der Waals surface area (Å²) in [5.74, 6) is -0.300. The number of rotatable bonds is 1. The SMILES string of the molecule is CC(C)C1=C(O)C(=O)C=NC1. The highest BCUT2D eigenvalue weighted by Gasteiger charge is 2.18. The van der Waals surface area contributed by atoms with Gasteiger partial charge in [0.2, 0.25) is 5.78 Å². The molecule has 1 rings (SSSR count). The predicted molar refractivity (Wildman–Crippen MR) is 42.9 cm³/mol. The fraction of sp³-hybridized carbons (Fsp3) is 0.500. The fourth-order valence-corrected chi connectivity index (χ4v) is 0.977. The number of hydrogen-bond donors (Lipinski definition) is 1. The first-order valence-electron chi connectivity index (χ1n) is 3.59. The number of hydrogen-bond acceptors (Lipinski definition) is 3. The van der Waals surface area contributed by atoms with Crippen LogP contribution in [0.15, 0.2) is 16.3 Å². The largest absolute Gasteiger partial charge is 0.504 e. The Bertz CT molecular complexity index is 238. The Morgan fingerprint density at radius 1 is 1.64 bits per heavy atom. The van der Waals surface area contributed by atoms with E-state index in [0.717, 1.165) is 5.57 Å². The maximum atomic E-state index is 10.9. The highest BCUT2D eigenvalue weighted by atomic mass is 16.3. The second kappa shape index (κ2) is 2.86. The molecule has 0 aromatic rings. The van der Waals surface area contributed by atoms with Crippen LogP contribution in [0.4, 0.5) is 0 Å². The highest BCUT2D eigenvalue weighted by molar-refractivity contribution is 6.35. The Hall–Kier alpha value is -1.12. The molecule has 0 saturated heterocycles. The molecule has 60 valence electrons. The summed E-state index contributed by atoms with van der Waals surface area (Å²) in [6.45, 7) is 4.31. The van der Waals surface area contributed by atoms with E-state index in [1.807, 2.05) is 13.8 Å². The van der Waals surface area contributed by atoms with Gasteiger partial charge in [-0.1, -0.05) is 13.8 Å². The molecule has 0 radical (unpaired) electrons. The zero-order chi connectivity index (χ0) is 8.43. The van der Waals surface area contributed by atoms with E-state index < -0.39 is 0 Å². The van der Waals surface area contributed by atoms with Crippen LogP contribution in [-0.4, -0.2) is 23.6 Å². The van der Waals surface area contributed by atoms with Crippen molar-refractivity contribution in [2.75, 3.05) is 6.54 Å². The standard InChI is InChI=1S/C8H11NO2/c1-5(2)6-3-9-4-7(10)8(6)11/h4-5,11H,3H2,1-2H3. The molecule has 0 aliphatic carbocycles. The molecular weight excluding hydrogens is 142 g/mol. The fourth-order valence-electron chi connectivity index (χ4n) is 0.977. The summed E-state index contributed by atoms with van der Waals surface area (Å²) in [6.07, 6.45) is 1.17. The number of nitrogens with zero attached hydrogens (tertiary/aromatic N) is 1. The van der Waals surface area contributed by atoms with Gasteiger partial charge in [0.1, 0.15) is 0 Å². The zero-order valence-electron chi connectivity index (χ0n) is 6.66. The molecule has 3 nitrogen and oxygen atoms in total. The van der Waals surface area contributed by atoms with Crippen molar-refractivity contribution in [3.63, 3.8) is 0 Å². The molecule has 1 N–H and O–H groups in total. The molecule has 0 spiro atoms. The number of carbonyl (C=O) groups excluding carboxylic acids is 1. The van der Waals surface area contributed by atoms with E-state index in [0.29, 0.717) is 6.54 Å². The van der Waals surface area contributed by atoms with Crippen molar-refractivity contribution < 1.29 is 9.90 Å². The molecule has 1 aliphatic rings. The average molecular weight is 153 g/mol. The summed E-state index contributed by atoms with van der Waals surface area (Å²) >= 11 is 0. The summed E-state index contributed by atoms with van der Waals surface area (Å²) in [7, 11) is 0. The molecule has 1 heterocycles. The Balaban J connectivity index is 2.93. The lowest BCUT2D eigenvalue weighted by Crippen LogP contribution is -2.16. The van der Waals surface area contributed by atoms with Crippen LogP contribution in [0.5, 0.6) is 0 Å². The molecule has 1 aliphatic heterocycles. The van der Waals surface area contributed by atoms with Crippen LogP contribution >= 0.6 is 0 Å². The third kappa shape index (κ3) is 1.48. The van der Waals surface area contributed by atoms with Crippen LogP contribution in [0.25, 0.3) is 0 Å². The van der Waals surface area contributed by atoms with Gasteiger partial charge in [0.25, 0.3) is 0 Å². The third-order valence-corrected chi connectivity index (χ3v) is 1.70. The Kier molecular flexibility index (Phi) is 2.08. The normalized spacial score (nSPS) is 18.3. The van der Waals surface area contributed by atoms with E-state index >= 15 is 0 Å². The monoisotopic (exact) mass is 153 g/mol. The van der Waals surface area contributed by atoms with Crippen molar-refractivity contribution in [3.8, 4) is 0 Å². The smallest absolute Gasteiger partial charge is 0.237 e. The van der Waals surface area contributed by atoms with Crippen LogP contribution in [0, 0.1) is 5.92 Å². The Morgan fingerprint density at radius 2 is 2.27 bits per heavy atom. The zero-order valence-corrected chi connectivity index (χ0v) is 6.66. The number of ketones is 1. The van der Waals surface area contributed by atoms with Crippen molar-refractivity contribution in [1.82, 2.24) is 0 Å². The lowest BCUT2D eigenvalue weighted by Gasteiger charge is -2.13. The summed E-state index contributed by atoms with van der Waals surface area (Å²) in [5.41, 5.74) is 0.734. The molecule has 0 fully saturated rings. The van der Waals surface area contributed by atoms with Gasteiger partial charge in [0.05, 0.1) is 12.8 Å². The first kappa shape index (κ1) is 7.98. The maximum absolute atomic E-state index is 10.9. The van der Waals surface area contributed by atoms with Crippen molar-refractivity contribution in [2.45, 2.75) is 13.8 Å². The number of aliphatic hydroxyl groups is 1. The first-order chi connectivity index (χ1) is 5.13. The number of aliphatic imine (C=N–C) groups is 1. The van der Waals surface area contributed by atoms with E-state index in [-0.39, 0.29) is 17.5 Å².